The largest absolute Gasteiger partial charge is 0.277 e. The van der Waals surface area contributed by atoms with Gasteiger partial charge in [0.1, 0.15) is 11.5 Å². The maximum atomic E-state index is 13.2. The van der Waals surface area contributed by atoms with Gasteiger partial charge in [0, 0.05) is 23.1 Å². The summed E-state index contributed by atoms with van der Waals surface area (Å²) < 4.78 is 13.2. The molecule has 5 nitrogen and oxygen atoms in total. The SMILES string of the molecule is O=[N+]([O-])c1ccc2c(-c3cccc(F)c3)n[nH]c2c1. The number of H-pyrrole nitrogens is 1. The van der Waals surface area contributed by atoms with Crippen LogP contribution in [0.25, 0.3) is 22.2 Å². The Morgan fingerprint density at radius 1 is 1.21 bits per heavy atom. The molecule has 19 heavy (non-hydrogen) atoms. The van der Waals surface area contributed by atoms with Crippen LogP contribution in [-0.4, -0.2) is 15.1 Å². The van der Waals surface area contributed by atoms with Gasteiger partial charge in [-0.1, -0.05) is 12.1 Å². The summed E-state index contributed by atoms with van der Waals surface area (Å²) in [6.45, 7) is 0. The van der Waals surface area contributed by atoms with Gasteiger partial charge in [-0.2, -0.15) is 5.10 Å². The number of benzene rings is 2. The number of non-ortho nitro benzene ring substituents is 1. The van der Waals surface area contributed by atoms with Gasteiger partial charge in [-0.25, -0.2) is 4.39 Å². The Morgan fingerprint density at radius 3 is 2.79 bits per heavy atom. The van der Waals surface area contributed by atoms with Crippen molar-refractivity contribution in [1.29, 1.82) is 0 Å². The standard InChI is InChI=1S/C13H8FN3O2/c14-9-3-1-2-8(6-9)13-11-5-4-10(17(18)19)7-12(11)15-16-13/h1-7H,(H,15,16). The Kier molecular flexibility index (Phi) is 2.49. The van der Waals surface area contributed by atoms with Gasteiger partial charge in [-0.3, -0.25) is 15.2 Å². The van der Waals surface area contributed by atoms with E-state index < -0.39 is 4.92 Å². The number of aromatic nitrogens is 2. The Morgan fingerprint density at radius 2 is 2.05 bits per heavy atom. The molecule has 0 unspecified atom stereocenters. The molecule has 1 aromatic heterocycles. The van der Waals surface area contributed by atoms with Gasteiger partial charge in [-0.05, 0) is 18.2 Å². The van der Waals surface area contributed by atoms with Crippen LogP contribution in [0.3, 0.4) is 0 Å². The Labute approximate surface area is 106 Å². The lowest BCUT2D eigenvalue weighted by atomic mass is 10.1. The number of aromatic amines is 1. The van der Waals surface area contributed by atoms with Crippen LogP contribution < -0.4 is 0 Å². The lowest BCUT2D eigenvalue weighted by Gasteiger charge is -1.98. The van der Waals surface area contributed by atoms with E-state index in [4.69, 9.17) is 0 Å². The van der Waals surface area contributed by atoms with Crippen LogP contribution in [0.1, 0.15) is 0 Å². The minimum absolute atomic E-state index is 0.0121. The van der Waals surface area contributed by atoms with E-state index in [-0.39, 0.29) is 11.5 Å². The average Bonchev–Trinajstić information content (AvgIpc) is 2.81. The number of hydrogen-bond acceptors (Lipinski definition) is 3. The highest BCUT2D eigenvalue weighted by molar-refractivity contribution is 5.93. The Balaban J connectivity index is 2.18. The van der Waals surface area contributed by atoms with Crippen molar-refractivity contribution in [3.8, 4) is 11.3 Å². The number of rotatable bonds is 2. The Hall–Kier alpha value is -2.76. The number of hydrogen-bond donors (Lipinski definition) is 1. The average molecular weight is 257 g/mol. The molecule has 0 saturated carbocycles. The van der Waals surface area contributed by atoms with Gasteiger partial charge < -0.3 is 0 Å². The van der Waals surface area contributed by atoms with Crippen molar-refractivity contribution in [3.05, 3.63) is 58.4 Å². The van der Waals surface area contributed by atoms with Crippen LogP contribution in [0.5, 0.6) is 0 Å². The lowest BCUT2D eigenvalue weighted by Crippen LogP contribution is -1.86. The number of nitro groups is 1. The summed E-state index contributed by atoms with van der Waals surface area (Å²) in [5, 5.41) is 18.2. The van der Waals surface area contributed by atoms with Crippen molar-refractivity contribution in [2.75, 3.05) is 0 Å². The molecule has 0 atom stereocenters. The normalized spacial score (nSPS) is 10.8. The first kappa shape index (κ1) is 11.3. The molecule has 0 radical (unpaired) electrons. The molecule has 6 heteroatoms. The summed E-state index contributed by atoms with van der Waals surface area (Å²) in [5.41, 5.74) is 1.74. The van der Waals surface area contributed by atoms with E-state index in [9.17, 15) is 14.5 Å². The van der Waals surface area contributed by atoms with E-state index in [1.807, 2.05) is 0 Å². The van der Waals surface area contributed by atoms with Crippen molar-refractivity contribution in [2.24, 2.45) is 0 Å². The molecular formula is C13H8FN3O2. The summed E-state index contributed by atoms with van der Waals surface area (Å²) in [7, 11) is 0. The molecule has 94 valence electrons. The molecule has 0 aliphatic heterocycles. The minimum Gasteiger partial charge on any atom is -0.277 e. The first-order valence-electron chi connectivity index (χ1n) is 5.53. The van der Waals surface area contributed by atoms with E-state index in [0.717, 1.165) is 5.39 Å². The second kappa shape index (κ2) is 4.16. The first-order chi connectivity index (χ1) is 9.15. The van der Waals surface area contributed by atoms with Gasteiger partial charge in [0.05, 0.1) is 10.4 Å². The van der Waals surface area contributed by atoms with Crippen LogP contribution in [0.15, 0.2) is 42.5 Å². The molecule has 0 aliphatic carbocycles. The van der Waals surface area contributed by atoms with Crippen LogP contribution in [0.2, 0.25) is 0 Å². The van der Waals surface area contributed by atoms with E-state index >= 15 is 0 Å². The van der Waals surface area contributed by atoms with Crippen molar-refractivity contribution in [2.45, 2.75) is 0 Å². The van der Waals surface area contributed by atoms with Gasteiger partial charge in [0.15, 0.2) is 0 Å². The zero-order chi connectivity index (χ0) is 13.4. The van der Waals surface area contributed by atoms with Gasteiger partial charge in [0.2, 0.25) is 0 Å². The molecule has 1 heterocycles. The zero-order valence-electron chi connectivity index (χ0n) is 9.63. The first-order valence-corrected chi connectivity index (χ1v) is 5.53. The van der Waals surface area contributed by atoms with Crippen LogP contribution >= 0.6 is 0 Å². The lowest BCUT2D eigenvalue weighted by molar-refractivity contribution is -0.384. The second-order valence-electron chi connectivity index (χ2n) is 4.07. The minimum atomic E-state index is -0.470. The van der Waals surface area contributed by atoms with E-state index in [1.54, 1.807) is 18.2 Å². The van der Waals surface area contributed by atoms with Crippen LogP contribution in [0, 0.1) is 15.9 Å². The highest BCUT2D eigenvalue weighted by Gasteiger charge is 2.12. The summed E-state index contributed by atoms with van der Waals surface area (Å²) in [6.07, 6.45) is 0. The predicted molar refractivity (Wildman–Crippen MR) is 68.1 cm³/mol. The molecule has 0 saturated heterocycles. The number of nitro benzene ring substituents is 1. The summed E-state index contributed by atoms with van der Waals surface area (Å²) >= 11 is 0. The second-order valence-corrected chi connectivity index (χ2v) is 4.07. The highest BCUT2D eigenvalue weighted by Crippen LogP contribution is 2.28. The van der Waals surface area contributed by atoms with Crippen LogP contribution in [-0.2, 0) is 0 Å². The third-order valence-corrected chi connectivity index (χ3v) is 2.86. The molecule has 0 bridgehead atoms. The zero-order valence-corrected chi connectivity index (χ0v) is 9.63. The van der Waals surface area contributed by atoms with Crippen molar-refractivity contribution in [1.82, 2.24) is 10.2 Å². The maximum absolute atomic E-state index is 13.2. The fourth-order valence-electron chi connectivity index (χ4n) is 1.98. The molecule has 3 rings (SSSR count). The van der Waals surface area contributed by atoms with Crippen molar-refractivity contribution >= 4 is 16.6 Å². The van der Waals surface area contributed by atoms with Crippen LogP contribution in [0.4, 0.5) is 10.1 Å². The van der Waals surface area contributed by atoms with E-state index in [2.05, 4.69) is 10.2 Å². The quantitative estimate of drug-likeness (QED) is 0.565. The van der Waals surface area contributed by atoms with Gasteiger partial charge in [-0.15, -0.1) is 0 Å². The highest BCUT2D eigenvalue weighted by atomic mass is 19.1. The van der Waals surface area contributed by atoms with Gasteiger partial charge >= 0.3 is 0 Å². The smallest absolute Gasteiger partial charge is 0.271 e. The third kappa shape index (κ3) is 1.93. The molecule has 0 spiro atoms. The summed E-state index contributed by atoms with van der Waals surface area (Å²) in [4.78, 5) is 10.2. The number of nitrogens with zero attached hydrogens (tertiary/aromatic N) is 2. The number of nitrogens with one attached hydrogen (secondary N) is 1. The molecular weight excluding hydrogens is 249 g/mol. The molecule has 0 fully saturated rings. The molecule has 2 aromatic carbocycles. The fraction of sp³-hybridized carbons (Fsp3) is 0. The molecule has 1 N–H and O–H groups in total. The summed E-state index contributed by atoms with van der Waals surface area (Å²) in [6, 6.07) is 10.5. The number of fused-ring (bicyclic) bond motifs is 1. The summed E-state index contributed by atoms with van der Waals surface area (Å²) in [5.74, 6) is -0.351. The Bertz CT molecular complexity index is 782. The fourth-order valence-corrected chi connectivity index (χ4v) is 1.98. The van der Waals surface area contributed by atoms with E-state index in [1.165, 1.54) is 24.3 Å². The number of halogens is 1. The predicted octanol–water partition coefficient (Wildman–Crippen LogP) is 3.28. The van der Waals surface area contributed by atoms with E-state index in [0.29, 0.717) is 16.8 Å². The molecule has 3 aromatic rings. The molecule has 0 amide bonds. The van der Waals surface area contributed by atoms with Gasteiger partial charge in [0.25, 0.3) is 5.69 Å². The topological polar surface area (TPSA) is 71.8 Å². The maximum Gasteiger partial charge on any atom is 0.271 e. The monoisotopic (exact) mass is 257 g/mol. The van der Waals surface area contributed by atoms with Crippen molar-refractivity contribution in [3.63, 3.8) is 0 Å². The third-order valence-electron chi connectivity index (χ3n) is 2.86. The molecule has 0 aliphatic rings. The van der Waals surface area contributed by atoms with Crippen molar-refractivity contribution < 1.29 is 9.31 Å².